The number of rotatable bonds is 5. The van der Waals surface area contributed by atoms with Crippen LogP contribution in [0.3, 0.4) is 0 Å². The summed E-state index contributed by atoms with van der Waals surface area (Å²) in [6, 6.07) is 14.3. The van der Waals surface area contributed by atoms with Gasteiger partial charge in [-0.15, -0.1) is 0 Å². The van der Waals surface area contributed by atoms with Crippen molar-refractivity contribution in [3.8, 4) is 0 Å². The predicted molar refractivity (Wildman–Crippen MR) is 72.2 cm³/mol. The molecule has 2 N–H and O–H groups in total. The summed E-state index contributed by atoms with van der Waals surface area (Å²) < 4.78 is 0. The molecule has 0 saturated heterocycles. The first-order chi connectivity index (χ1) is 8.77. The molecule has 0 saturated carbocycles. The summed E-state index contributed by atoms with van der Waals surface area (Å²) in [5.41, 5.74) is 2.33. The van der Waals surface area contributed by atoms with E-state index in [1.807, 2.05) is 30.3 Å². The molecule has 1 heterocycles. The standard InChI is InChI=1S/C15H18N2O/c1-12(18)11-17-15(13-5-3-2-4-6-13)14-7-9-16-10-8-14/h2-10,12,15,17-18H,11H2,1H3/t12-,15?/m0/s1. The second-order valence-corrected chi connectivity index (χ2v) is 4.38. The largest absolute Gasteiger partial charge is 0.392 e. The van der Waals surface area contributed by atoms with Crippen molar-refractivity contribution < 1.29 is 5.11 Å². The Balaban J connectivity index is 2.24. The van der Waals surface area contributed by atoms with Gasteiger partial charge in [0.1, 0.15) is 0 Å². The minimum atomic E-state index is -0.363. The van der Waals surface area contributed by atoms with E-state index in [1.54, 1.807) is 19.3 Å². The third-order valence-corrected chi connectivity index (χ3v) is 2.79. The van der Waals surface area contributed by atoms with Crippen LogP contribution in [0.4, 0.5) is 0 Å². The molecular formula is C15H18N2O. The highest BCUT2D eigenvalue weighted by Gasteiger charge is 2.13. The van der Waals surface area contributed by atoms with E-state index in [0.717, 1.165) is 5.56 Å². The van der Waals surface area contributed by atoms with Gasteiger partial charge in [-0.3, -0.25) is 4.98 Å². The average molecular weight is 242 g/mol. The Morgan fingerprint density at radius 1 is 1.06 bits per heavy atom. The number of pyridine rings is 1. The fourth-order valence-electron chi connectivity index (χ4n) is 1.92. The van der Waals surface area contributed by atoms with Crippen molar-refractivity contribution in [3.05, 3.63) is 66.0 Å². The monoisotopic (exact) mass is 242 g/mol. The smallest absolute Gasteiger partial charge is 0.0636 e. The lowest BCUT2D eigenvalue weighted by atomic mass is 9.99. The summed E-state index contributed by atoms with van der Waals surface area (Å²) in [5, 5.41) is 12.8. The van der Waals surface area contributed by atoms with Gasteiger partial charge in [-0.1, -0.05) is 30.3 Å². The van der Waals surface area contributed by atoms with Crippen LogP contribution in [-0.2, 0) is 0 Å². The Morgan fingerprint density at radius 2 is 1.67 bits per heavy atom. The van der Waals surface area contributed by atoms with Crippen LogP contribution < -0.4 is 5.32 Å². The lowest BCUT2D eigenvalue weighted by Crippen LogP contribution is -2.29. The topological polar surface area (TPSA) is 45.1 Å². The third kappa shape index (κ3) is 3.39. The van der Waals surface area contributed by atoms with Crippen LogP contribution in [0.15, 0.2) is 54.9 Å². The lowest BCUT2D eigenvalue weighted by Gasteiger charge is -2.20. The summed E-state index contributed by atoms with van der Waals surface area (Å²) in [6.45, 7) is 2.34. The number of benzene rings is 1. The maximum absolute atomic E-state index is 9.42. The zero-order chi connectivity index (χ0) is 12.8. The van der Waals surface area contributed by atoms with Crippen LogP contribution in [0.1, 0.15) is 24.1 Å². The Hall–Kier alpha value is -1.71. The van der Waals surface area contributed by atoms with Gasteiger partial charge >= 0.3 is 0 Å². The molecule has 0 aliphatic heterocycles. The molecule has 1 aromatic carbocycles. The Labute approximate surface area is 108 Å². The quantitative estimate of drug-likeness (QED) is 0.844. The fraction of sp³-hybridized carbons (Fsp3) is 0.267. The van der Waals surface area contributed by atoms with Crippen molar-refractivity contribution in [2.45, 2.75) is 19.1 Å². The van der Waals surface area contributed by atoms with Crippen LogP contribution in [0, 0.1) is 0 Å². The van der Waals surface area contributed by atoms with Gasteiger partial charge in [0, 0.05) is 18.9 Å². The van der Waals surface area contributed by atoms with Crippen molar-refractivity contribution in [1.82, 2.24) is 10.3 Å². The maximum atomic E-state index is 9.42. The van der Waals surface area contributed by atoms with E-state index in [9.17, 15) is 5.11 Å². The zero-order valence-corrected chi connectivity index (χ0v) is 10.5. The van der Waals surface area contributed by atoms with Gasteiger partial charge in [-0.25, -0.2) is 0 Å². The number of nitrogens with zero attached hydrogens (tertiary/aromatic N) is 1. The van der Waals surface area contributed by atoms with Gasteiger partial charge in [0.25, 0.3) is 0 Å². The minimum Gasteiger partial charge on any atom is -0.392 e. The fourth-order valence-corrected chi connectivity index (χ4v) is 1.92. The van der Waals surface area contributed by atoms with Gasteiger partial charge in [-0.2, -0.15) is 0 Å². The molecule has 0 fully saturated rings. The Morgan fingerprint density at radius 3 is 2.28 bits per heavy atom. The van der Waals surface area contributed by atoms with Crippen LogP contribution >= 0.6 is 0 Å². The normalized spacial score (nSPS) is 14.1. The molecule has 0 aliphatic carbocycles. The molecule has 94 valence electrons. The first kappa shape index (κ1) is 12.7. The van der Waals surface area contributed by atoms with Crippen LogP contribution in [0.5, 0.6) is 0 Å². The van der Waals surface area contributed by atoms with E-state index in [0.29, 0.717) is 6.54 Å². The van der Waals surface area contributed by atoms with E-state index in [-0.39, 0.29) is 12.1 Å². The van der Waals surface area contributed by atoms with Crippen molar-refractivity contribution in [2.24, 2.45) is 0 Å². The van der Waals surface area contributed by atoms with Gasteiger partial charge in [-0.05, 0) is 30.2 Å². The number of hydrogen-bond donors (Lipinski definition) is 2. The molecule has 0 amide bonds. The van der Waals surface area contributed by atoms with Crippen LogP contribution in [0.2, 0.25) is 0 Å². The zero-order valence-electron chi connectivity index (χ0n) is 10.5. The molecule has 3 heteroatoms. The van der Waals surface area contributed by atoms with E-state index < -0.39 is 0 Å². The van der Waals surface area contributed by atoms with Crippen LogP contribution in [-0.4, -0.2) is 22.7 Å². The second kappa shape index (κ2) is 6.28. The number of hydrogen-bond acceptors (Lipinski definition) is 3. The molecule has 1 aromatic heterocycles. The first-order valence-corrected chi connectivity index (χ1v) is 6.13. The molecule has 2 rings (SSSR count). The van der Waals surface area contributed by atoms with Gasteiger partial charge in [0.2, 0.25) is 0 Å². The molecular weight excluding hydrogens is 224 g/mol. The van der Waals surface area contributed by atoms with Crippen molar-refractivity contribution in [1.29, 1.82) is 0 Å². The lowest BCUT2D eigenvalue weighted by molar-refractivity contribution is 0.188. The first-order valence-electron chi connectivity index (χ1n) is 6.13. The van der Waals surface area contributed by atoms with Crippen molar-refractivity contribution >= 4 is 0 Å². The SMILES string of the molecule is C[C@H](O)CNC(c1ccccc1)c1ccncc1. The summed E-state index contributed by atoms with van der Waals surface area (Å²) in [5.74, 6) is 0. The van der Waals surface area contributed by atoms with Crippen molar-refractivity contribution in [3.63, 3.8) is 0 Å². The minimum absolute atomic E-state index is 0.0869. The maximum Gasteiger partial charge on any atom is 0.0636 e. The molecule has 1 unspecified atom stereocenters. The summed E-state index contributed by atoms with van der Waals surface area (Å²) in [4.78, 5) is 4.04. The highest BCUT2D eigenvalue weighted by atomic mass is 16.3. The van der Waals surface area contributed by atoms with Gasteiger partial charge in [0.05, 0.1) is 12.1 Å². The number of aliphatic hydroxyl groups excluding tert-OH is 1. The highest BCUT2D eigenvalue weighted by Crippen LogP contribution is 2.20. The summed E-state index contributed by atoms with van der Waals surface area (Å²) >= 11 is 0. The summed E-state index contributed by atoms with van der Waals surface area (Å²) in [7, 11) is 0. The van der Waals surface area contributed by atoms with E-state index in [1.165, 1.54) is 5.56 Å². The molecule has 2 atom stereocenters. The molecule has 18 heavy (non-hydrogen) atoms. The molecule has 0 aliphatic rings. The Bertz CT molecular complexity index is 417. The van der Waals surface area contributed by atoms with E-state index in [2.05, 4.69) is 22.4 Å². The van der Waals surface area contributed by atoms with E-state index >= 15 is 0 Å². The highest BCUT2D eigenvalue weighted by molar-refractivity contribution is 5.30. The molecule has 0 radical (unpaired) electrons. The third-order valence-electron chi connectivity index (χ3n) is 2.79. The van der Waals surface area contributed by atoms with Crippen molar-refractivity contribution in [2.75, 3.05) is 6.54 Å². The van der Waals surface area contributed by atoms with Gasteiger partial charge < -0.3 is 10.4 Å². The molecule has 3 nitrogen and oxygen atoms in total. The predicted octanol–water partition coefficient (Wildman–Crippen LogP) is 2.14. The average Bonchev–Trinajstić information content (AvgIpc) is 2.41. The Kier molecular flexibility index (Phi) is 4.45. The second-order valence-electron chi connectivity index (χ2n) is 4.38. The number of aromatic nitrogens is 1. The molecule has 0 bridgehead atoms. The van der Waals surface area contributed by atoms with Crippen LogP contribution in [0.25, 0.3) is 0 Å². The number of nitrogens with one attached hydrogen (secondary N) is 1. The molecule has 0 spiro atoms. The van der Waals surface area contributed by atoms with E-state index in [4.69, 9.17) is 0 Å². The number of aliphatic hydroxyl groups is 1. The van der Waals surface area contributed by atoms with Gasteiger partial charge in [0.15, 0.2) is 0 Å². The summed E-state index contributed by atoms with van der Waals surface area (Å²) in [6.07, 6.45) is 3.21. The molecule has 2 aromatic rings.